The van der Waals surface area contributed by atoms with Crippen LogP contribution in [0.1, 0.15) is 23.3 Å². The second-order valence-electron chi connectivity index (χ2n) is 4.98. The first kappa shape index (κ1) is 15.6. The van der Waals surface area contributed by atoms with Crippen LogP contribution in [0.2, 0.25) is 0 Å². The third kappa shape index (κ3) is 3.86. The average molecular weight is 312 g/mol. The Balaban J connectivity index is 0.00000161. The van der Waals surface area contributed by atoms with Crippen LogP contribution in [0.3, 0.4) is 0 Å². The lowest BCUT2D eigenvalue weighted by atomic mass is 10.00. The highest BCUT2D eigenvalue weighted by molar-refractivity contribution is 5.92. The fraction of sp³-hybridized carbons (Fsp3) is 0.429. The lowest BCUT2D eigenvalue weighted by Crippen LogP contribution is -2.38. The van der Waals surface area contributed by atoms with Gasteiger partial charge in [-0.25, -0.2) is 0 Å². The van der Waals surface area contributed by atoms with E-state index in [0.717, 1.165) is 25.9 Å². The molecule has 0 radical (unpaired) electrons. The summed E-state index contributed by atoms with van der Waals surface area (Å²) in [6.45, 7) is 2.69. The molecule has 1 aliphatic rings. The number of carbonyl (C=O) groups is 1. The molecule has 1 fully saturated rings. The third-order valence-corrected chi connectivity index (χ3v) is 3.46. The number of furan rings is 1. The van der Waals surface area contributed by atoms with Crippen molar-refractivity contribution in [2.45, 2.75) is 12.8 Å². The van der Waals surface area contributed by atoms with Gasteiger partial charge in [-0.2, -0.15) is 0 Å². The molecule has 21 heavy (non-hydrogen) atoms. The predicted octanol–water partition coefficient (Wildman–Crippen LogP) is 2.09. The molecule has 1 amide bonds. The number of nitrogens with one attached hydrogen (secondary N) is 2. The zero-order valence-electron chi connectivity index (χ0n) is 11.5. The molecule has 0 aliphatic carbocycles. The van der Waals surface area contributed by atoms with E-state index in [9.17, 15) is 4.79 Å². The number of piperidine rings is 1. The van der Waals surface area contributed by atoms with Crippen LogP contribution in [0.5, 0.6) is 0 Å². The molecule has 0 bridgehead atoms. The minimum Gasteiger partial charge on any atom is -0.461 e. The maximum absolute atomic E-state index is 12.0. The first-order chi connectivity index (χ1) is 9.83. The molecule has 7 heteroatoms. The lowest BCUT2D eigenvalue weighted by molar-refractivity contribution is 0.0936. The van der Waals surface area contributed by atoms with E-state index in [2.05, 4.69) is 15.8 Å². The molecule has 0 spiro atoms. The van der Waals surface area contributed by atoms with Gasteiger partial charge in [0.25, 0.3) is 5.91 Å². The van der Waals surface area contributed by atoms with Crippen molar-refractivity contribution in [2.75, 3.05) is 19.6 Å². The standard InChI is InChI=1S/C14H17N3O3.ClH/c18-14(16-9-10-3-1-5-15-8-10)11-7-13(20-17-11)12-4-2-6-19-12;/h2,4,6-7,10,15H,1,3,5,8-9H2,(H,16,18);1H. The summed E-state index contributed by atoms with van der Waals surface area (Å²) in [7, 11) is 0. The van der Waals surface area contributed by atoms with Crippen LogP contribution < -0.4 is 10.6 Å². The second-order valence-corrected chi connectivity index (χ2v) is 4.98. The van der Waals surface area contributed by atoms with E-state index in [1.54, 1.807) is 24.5 Å². The summed E-state index contributed by atoms with van der Waals surface area (Å²) in [5, 5.41) is 9.99. The van der Waals surface area contributed by atoms with Gasteiger partial charge in [-0.3, -0.25) is 4.79 Å². The number of halogens is 1. The van der Waals surface area contributed by atoms with E-state index in [1.165, 1.54) is 0 Å². The summed E-state index contributed by atoms with van der Waals surface area (Å²) in [6.07, 6.45) is 3.85. The van der Waals surface area contributed by atoms with Crippen LogP contribution in [-0.2, 0) is 0 Å². The van der Waals surface area contributed by atoms with Gasteiger partial charge in [-0.15, -0.1) is 12.4 Å². The van der Waals surface area contributed by atoms with Crippen LogP contribution in [0.15, 0.2) is 33.4 Å². The fourth-order valence-corrected chi connectivity index (χ4v) is 2.34. The van der Waals surface area contributed by atoms with Crippen molar-refractivity contribution < 1.29 is 13.7 Å². The monoisotopic (exact) mass is 311 g/mol. The third-order valence-electron chi connectivity index (χ3n) is 3.46. The molecular weight excluding hydrogens is 294 g/mol. The van der Waals surface area contributed by atoms with Crippen LogP contribution in [0.25, 0.3) is 11.5 Å². The largest absolute Gasteiger partial charge is 0.461 e. The summed E-state index contributed by atoms with van der Waals surface area (Å²) in [4.78, 5) is 12.0. The van der Waals surface area contributed by atoms with Crippen molar-refractivity contribution in [2.24, 2.45) is 5.92 Å². The molecule has 0 saturated carbocycles. The molecular formula is C14H18ClN3O3. The fourth-order valence-electron chi connectivity index (χ4n) is 2.34. The molecule has 3 rings (SSSR count). The Morgan fingerprint density at radius 1 is 1.48 bits per heavy atom. The van der Waals surface area contributed by atoms with E-state index in [0.29, 0.717) is 24.0 Å². The van der Waals surface area contributed by atoms with Crippen molar-refractivity contribution in [3.63, 3.8) is 0 Å². The summed E-state index contributed by atoms with van der Waals surface area (Å²) < 4.78 is 10.3. The van der Waals surface area contributed by atoms with Gasteiger partial charge in [-0.1, -0.05) is 5.16 Å². The Hall–Kier alpha value is -1.79. The predicted molar refractivity (Wildman–Crippen MR) is 79.4 cm³/mol. The second kappa shape index (κ2) is 7.28. The van der Waals surface area contributed by atoms with E-state index in [-0.39, 0.29) is 24.0 Å². The normalized spacial score (nSPS) is 18.0. The molecule has 6 nitrogen and oxygen atoms in total. The average Bonchev–Trinajstić information content (AvgIpc) is 3.16. The topological polar surface area (TPSA) is 80.3 Å². The molecule has 1 aliphatic heterocycles. The Labute approximate surface area is 128 Å². The number of rotatable bonds is 4. The van der Waals surface area contributed by atoms with Gasteiger partial charge in [0.15, 0.2) is 11.5 Å². The van der Waals surface area contributed by atoms with Crippen molar-refractivity contribution in [3.05, 3.63) is 30.2 Å². The Morgan fingerprint density at radius 3 is 3.10 bits per heavy atom. The zero-order valence-corrected chi connectivity index (χ0v) is 12.3. The van der Waals surface area contributed by atoms with Gasteiger partial charge in [0.05, 0.1) is 6.26 Å². The summed E-state index contributed by atoms with van der Waals surface area (Å²) in [6, 6.07) is 5.11. The molecule has 1 saturated heterocycles. The van der Waals surface area contributed by atoms with Gasteiger partial charge < -0.3 is 19.6 Å². The van der Waals surface area contributed by atoms with Crippen LogP contribution in [0.4, 0.5) is 0 Å². The maximum atomic E-state index is 12.0. The smallest absolute Gasteiger partial charge is 0.273 e. The quantitative estimate of drug-likeness (QED) is 0.903. The van der Waals surface area contributed by atoms with Gasteiger partial charge in [0.2, 0.25) is 5.76 Å². The molecule has 2 N–H and O–H groups in total. The SMILES string of the molecule is Cl.O=C(NCC1CCCNC1)c1cc(-c2ccco2)on1. The Morgan fingerprint density at radius 2 is 2.38 bits per heavy atom. The van der Waals surface area contributed by atoms with Crippen molar-refractivity contribution in [1.29, 1.82) is 0 Å². The molecule has 1 atom stereocenters. The van der Waals surface area contributed by atoms with Crippen LogP contribution in [0, 0.1) is 5.92 Å². The Kier molecular flexibility index (Phi) is 5.41. The maximum Gasteiger partial charge on any atom is 0.273 e. The minimum atomic E-state index is -0.211. The van der Waals surface area contributed by atoms with Crippen molar-refractivity contribution >= 4 is 18.3 Å². The highest BCUT2D eigenvalue weighted by Gasteiger charge is 2.17. The van der Waals surface area contributed by atoms with E-state index < -0.39 is 0 Å². The number of hydrogen-bond donors (Lipinski definition) is 2. The van der Waals surface area contributed by atoms with Crippen LogP contribution >= 0.6 is 12.4 Å². The summed E-state index contributed by atoms with van der Waals surface area (Å²) >= 11 is 0. The number of amides is 1. The summed E-state index contributed by atoms with van der Waals surface area (Å²) in [5.41, 5.74) is 0.278. The lowest BCUT2D eigenvalue weighted by Gasteiger charge is -2.22. The van der Waals surface area contributed by atoms with Gasteiger partial charge >= 0.3 is 0 Å². The molecule has 3 heterocycles. The van der Waals surface area contributed by atoms with E-state index >= 15 is 0 Å². The van der Waals surface area contributed by atoms with Gasteiger partial charge in [0, 0.05) is 12.6 Å². The molecule has 1 unspecified atom stereocenters. The highest BCUT2D eigenvalue weighted by atomic mass is 35.5. The number of carbonyl (C=O) groups excluding carboxylic acids is 1. The van der Waals surface area contributed by atoms with Gasteiger partial charge in [-0.05, 0) is 44.0 Å². The number of hydrogen-bond acceptors (Lipinski definition) is 5. The minimum absolute atomic E-state index is 0. The molecule has 114 valence electrons. The molecule has 2 aromatic rings. The zero-order chi connectivity index (χ0) is 13.8. The molecule has 0 aromatic carbocycles. The highest BCUT2D eigenvalue weighted by Crippen LogP contribution is 2.20. The first-order valence-corrected chi connectivity index (χ1v) is 6.82. The number of nitrogens with zero attached hydrogens (tertiary/aromatic N) is 1. The summed E-state index contributed by atoms with van der Waals surface area (Å²) in [5.74, 6) is 1.30. The van der Waals surface area contributed by atoms with Gasteiger partial charge in [0.1, 0.15) is 0 Å². The number of aromatic nitrogens is 1. The van der Waals surface area contributed by atoms with Crippen LogP contribution in [-0.4, -0.2) is 30.7 Å². The van der Waals surface area contributed by atoms with E-state index in [4.69, 9.17) is 8.94 Å². The first-order valence-electron chi connectivity index (χ1n) is 6.82. The van der Waals surface area contributed by atoms with Crippen molar-refractivity contribution in [1.82, 2.24) is 15.8 Å². The van der Waals surface area contributed by atoms with Crippen molar-refractivity contribution in [3.8, 4) is 11.5 Å². The van der Waals surface area contributed by atoms with E-state index in [1.807, 2.05) is 0 Å². The molecule has 2 aromatic heterocycles. The Bertz CT molecular complexity index is 562.